The fourth-order valence-corrected chi connectivity index (χ4v) is 3.31. The predicted molar refractivity (Wildman–Crippen MR) is 91.4 cm³/mol. The van der Waals surface area contributed by atoms with Crippen molar-refractivity contribution in [3.8, 4) is 0 Å². The zero-order chi connectivity index (χ0) is 17.1. The van der Waals surface area contributed by atoms with Crippen LogP contribution >= 0.6 is 0 Å². The predicted octanol–water partition coefficient (Wildman–Crippen LogP) is 2.90. The number of benzene rings is 2. The van der Waals surface area contributed by atoms with Gasteiger partial charge in [0.25, 0.3) is 0 Å². The molecule has 2 aromatic carbocycles. The molecule has 124 valence electrons. The zero-order valence-corrected chi connectivity index (χ0v) is 13.7. The Bertz CT molecular complexity index is 742. The van der Waals surface area contributed by atoms with Gasteiger partial charge in [0.15, 0.2) is 0 Å². The molecule has 4 heteroatoms. The highest BCUT2D eigenvalue weighted by Gasteiger charge is 2.36. The number of carboxylic acids is 1. The van der Waals surface area contributed by atoms with Gasteiger partial charge in [0.2, 0.25) is 5.91 Å². The summed E-state index contributed by atoms with van der Waals surface area (Å²) in [4.78, 5) is 26.1. The van der Waals surface area contributed by atoms with E-state index >= 15 is 0 Å². The second-order valence-corrected chi connectivity index (χ2v) is 6.38. The van der Waals surface area contributed by atoms with Gasteiger partial charge in [-0.1, -0.05) is 61.5 Å². The molecule has 0 unspecified atom stereocenters. The van der Waals surface area contributed by atoms with Gasteiger partial charge >= 0.3 is 5.97 Å². The summed E-state index contributed by atoms with van der Waals surface area (Å²) in [5, 5.41) is 9.56. The number of hydrogen-bond acceptors (Lipinski definition) is 2. The van der Waals surface area contributed by atoms with Gasteiger partial charge in [0.1, 0.15) is 6.04 Å². The molecule has 0 aliphatic carbocycles. The van der Waals surface area contributed by atoms with E-state index in [4.69, 9.17) is 0 Å². The number of carboxylic acid groups (broad SMARTS) is 1. The van der Waals surface area contributed by atoms with Crippen molar-refractivity contribution in [2.75, 3.05) is 0 Å². The number of fused-ring (bicyclic) bond motifs is 1. The van der Waals surface area contributed by atoms with E-state index in [0.717, 1.165) is 16.7 Å². The van der Waals surface area contributed by atoms with E-state index in [0.29, 0.717) is 19.4 Å². The van der Waals surface area contributed by atoms with Crippen LogP contribution in [0.2, 0.25) is 0 Å². The van der Waals surface area contributed by atoms with E-state index in [-0.39, 0.29) is 11.8 Å². The molecule has 0 spiro atoms. The molecule has 1 amide bonds. The fraction of sp³-hybridized carbons (Fsp3) is 0.300. The van der Waals surface area contributed by atoms with Gasteiger partial charge in [-0.2, -0.15) is 0 Å². The van der Waals surface area contributed by atoms with Crippen LogP contribution in [-0.2, 0) is 29.0 Å². The lowest BCUT2D eigenvalue weighted by atomic mass is 9.91. The molecule has 0 radical (unpaired) electrons. The molecule has 0 saturated carbocycles. The first-order chi connectivity index (χ1) is 11.6. The van der Waals surface area contributed by atoms with Crippen LogP contribution in [0.1, 0.15) is 23.6 Å². The maximum absolute atomic E-state index is 12.9. The van der Waals surface area contributed by atoms with Crippen molar-refractivity contribution < 1.29 is 14.7 Å². The van der Waals surface area contributed by atoms with Crippen molar-refractivity contribution in [2.24, 2.45) is 5.92 Å². The van der Waals surface area contributed by atoms with E-state index in [1.54, 1.807) is 0 Å². The van der Waals surface area contributed by atoms with Gasteiger partial charge in [-0.25, -0.2) is 4.79 Å². The highest BCUT2D eigenvalue weighted by molar-refractivity contribution is 5.86. The molecule has 0 fully saturated rings. The SMILES string of the molecule is C[C@H](Cc1ccccc1)C(=O)N1Cc2ccccc2C[C@H]1C(=O)O. The first-order valence-electron chi connectivity index (χ1n) is 8.20. The molecule has 24 heavy (non-hydrogen) atoms. The first kappa shape index (κ1) is 16.2. The quantitative estimate of drug-likeness (QED) is 0.941. The van der Waals surface area contributed by atoms with Crippen LogP contribution in [0.15, 0.2) is 54.6 Å². The fourth-order valence-electron chi connectivity index (χ4n) is 3.31. The number of hydrogen-bond donors (Lipinski definition) is 1. The molecular formula is C20H21NO3. The van der Waals surface area contributed by atoms with Gasteiger partial charge in [-0.15, -0.1) is 0 Å². The molecule has 0 bridgehead atoms. The molecular weight excluding hydrogens is 302 g/mol. The Morgan fingerprint density at radius 3 is 2.38 bits per heavy atom. The van der Waals surface area contributed by atoms with E-state index in [1.807, 2.05) is 61.5 Å². The van der Waals surface area contributed by atoms with Gasteiger partial charge in [0.05, 0.1) is 0 Å². The molecule has 2 atom stereocenters. The van der Waals surface area contributed by atoms with Crippen molar-refractivity contribution in [1.29, 1.82) is 0 Å². The van der Waals surface area contributed by atoms with Crippen LogP contribution in [-0.4, -0.2) is 27.9 Å². The number of rotatable bonds is 4. The number of aliphatic carboxylic acids is 1. The van der Waals surface area contributed by atoms with Crippen molar-refractivity contribution in [1.82, 2.24) is 4.90 Å². The Labute approximate surface area is 141 Å². The van der Waals surface area contributed by atoms with Crippen molar-refractivity contribution >= 4 is 11.9 Å². The zero-order valence-electron chi connectivity index (χ0n) is 13.7. The highest BCUT2D eigenvalue weighted by atomic mass is 16.4. The Morgan fingerprint density at radius 2 is 1.71 bits per heavy atom. The Morgan fingerprint density at radius 1 is 1.08 bits per heavy atom. The minimum Gasteiger partial charge on any atom is -0.480 e. The molecule has 0 saturated heterocycles. The van der Waals surface area contributed by atoms with Crippen molar-refractivity contribution in [2.45, 2.75) is 32.4 Å². The highest BCUT2D eigenvalue weighted by Crippen LogP contribution is 2.25. The molecule has 1 heterocycles. The summed E-state index contributed by atoms with van der Waals surface area (Å²) in [7, 11) is 0. The summed E-state index contributed by atoms with van der Waals surface area (Å²) < 4.78 is 0. The molecule has 1 aliphatic rings. The third-order valence-electron chi connectivity index (χ3n) is 4.62. The summed E-state index contributed by atoms with van der Waals surface area (Å²) in [5.41, 5.74) is 3.14. The smallest absolute Gasteiger partial charge is 0.326 e. The van der Waals surface area contributed by atoms with Gasteiger partial charge in [-0.05, 0) is 23.1 Å². The third-order valence-corrected chi connectivity index (χ3v) is 4.62. The number of nitrogens with zero attached hydrogens (tertiary/aromatic N) is 1. The average molecular weight is 323 g/mol. The minimum absolute atomic E-state index is 0.0965. The molecule has 3 rings (SSSR count). The normalized spacial score (nSPS) is 17.9. The molecule has 1 N–H and O–H groups in total. The van der Waals surface area contributed by atoms with Crippen LogP contribution in [0.3, 0.4) is 0 Å². The van der Waals surface area contributed by atoms with E-state index < -0.39 is 12.0 Å². The summed E-state index contributed by atoms with van der Waals surface area (Å²) in [5.74, 6) is -1.29. The van der Waals surface area contributed by atoms with Crippen LogP contribution in [0.4, 0.5) is 0 Å². The van der Waals surface area contributed by atoms with E-state index in [9.17, 15) is 14.7 Å². The van der Waals surface area contributed by atoms with Crippen LogP contribution in [0.5, 0.6) is 0 Å². The summed E-state index contributed by atoms with van der Waals surface area (Å²) in [6.07, 6.45) is 0.986. The summed E-state index contributed by atoms with van der Waals surface area (Å²) >= 11 is 0. The van der Waals surface area contributed by atoms with Crippen LogP contribution < -0.4 is 0 Å². The lowest BCUT2D eigenvalue weighted by Gasteiger charge is -2.36. The number of amides is 1. The average Bonchev–Trinajstić information content (AvgIpc) is 2.60. The van der Waals surface area contributed by atoms with Crippen molar-refractivity contribution in [3.05, 3.63) is 71.3 Å². The Kier molecular flexibility index (Phi) is 4.65. The molecule has 1 aliphatic heterocycles. The van der Waals surface area contributed by atoms with Crippen LogP contribution in [0.25, 0.3) is 0 Å². The maximum Gasteiger partial charge on any atom is 0.326 e. The molecule has 4 nitrogen and oxygen atoms in total. The largest absolute Gasteiger partial charge is 0.480 e. The maximum atomic E-state index is 12.9. The topological polar surface area (TPSA) is 57.6 Å². The summed E-state index contributed by atoms with van der Waals surface area (Å²) in [6.45, 7) is 2.24. The lowest BCUT2D eigenvalue weighted by Crippen LogP contribution is -2.50. The molecule has 2 aromatic rings. The lowest BCUT2D eigenvalue weighted by molar-refractivity contribution is -0.153. The minimum atomic E-state index is -0.940. The third kappa shape index (κ3) is 3.32. The Balaban J connectivity index is 1.80. The van der Waals surface area contributed by atoms with Gasteiger partial charge < -0.3 is 10.0 Å². The summed E-state index contributed by atoms with van der Waals surface area (Å²) in [6, 6.07) is 16.8. The van der Waals surface area contributed by atoms with Crippen LogP contribution in [0, 0.1) is 5.92 Å². The van der Waals surface area contributed by atoms with E-state index in [1.165, 1.54) is 4.90 Å². The Hall–Kier alpha value is -2.62. The number of carbonyl (C=O) groups excluding carboxylic acids is 1. The second-order valence-electron chi connectivity index (χ2n) is 6.38. The van der Waals surface area contributed by atoms with Gasteiger partial charge in [0, 0.05) is 18.9 Å². The monoisotopic (exact) mass is 323 g/mol. The van der Waals surface area contributed by atoms with E-state index in [2.05, 4.69) is 0 Å². The first-order valence-corrected chi connectivity index (χ1v) is 8.20. The van der Waals surface area contributed by atoms with Gasteiger partial charge in [-0.3, -0.25) is 4.79 Å². The van der Waals surface area contributed by atoms with Crippen molar-refractivity contribution in [3.63, 3.8) is 0 Å². The number of carbonyl (C=O) groups is 2. The molecule has 0 aromatic heterocycles. The second kappa shape index (κ2) is 6.87. The standard InChI is InChI=1S/C20H21NO3/c1-14(11-15-7-3-2-4-8-15)19(22)21-13-17-10-6-5-9-16(17)12-18(21)20(23)24/h2-10,14,18H,11-13H2,1H3,(H,23,24)/t14-,18+/m1/s1.